The van der Waals surface area contributed by atoms with Crippen molar-refractivity contribution in [1.29, 1.82) is 0 Å². The van der Waals surface area contributed by atoms with Crippen LogP contribution in [0, 0.1) is 10.1 Å². The van der Waals surface area contributed by atoms with Crippen molar-refractivity contribution in [1.82, 2.24) is 0 Å². The molecule has 0 aromatic heterocycles. The first-order chi connectivity index (χ1) is 10.6. The van der Waals surface area contributed by atoms with Crippen LogP contribution in [-0.4, -0.2) is 17.4 Å². The Morgan fingerprint density at radius 3 is 2.73 bits per heavy atom. The molecule has 2 aromatic rings. The Hall–Kier alpha value is -2.89. The minimum atomic E-state index is -0.510. The maximum Gasteiger partial charge on any atom is 0.271 e. The molecule has 0 aliphatic heterocycles. The quantitative estimate of drug-likeness (QED) is 0.656. The van der Waals surface area contributed by atoms with Crippen molar-refractivity contribution in [2.75, 3.05) is 11.9 Å². The fourth-order valence-electron chi connectivity index (χ4n) is 1.97. The number of hydrogen-bond donors (Lipinski definition) is 1. The number of rotatable bonds is 6. The lowest BCUT2D eigenvalue weighted by Gasteiger charge is -2.10. The van der Waals surface area contributed by atoms with Gasteiger partial charge < -0.3 is 10.1 Å². The molecule has 0 saturated heterocycles. The van der Waals surface area contributed by atoms with Crippen molar-refractivity contribution < 1.29 is 14.5 Å². The van der Waals surface area contributed by atoms with Gasteiger partial charge in [-0.3, -0.25) is 14.9 Å². The lowest BCUT2D eigenvalue weighted by molar-refractivity contribution is -0.384. The monoisotopic (exact) mass is 300 g/mol. The number of ether oxygens (including phenoxy) is 1. The second-order valence-corrected chi connectivity index (χ2v) is 4.61. The Morgan fingerprint density at radius 2 is 2.00 bits per heavy atom. The molecule has 0 spiro atoms. The molecule has 6 heteroatoms. The van der Waals surface area contributed by atoms with Gasteiger partial charge in [0.15, 0.2) is 6.61 Å². The Morgan fingerprint density at radius 1 is 1.23 bits per heavy atom. The molecule has 0 fully saturated rings. The first kappa shape index (κ1) is 15.5. The molecule has 0 heterocycles. The molecule has 0 saturated carbocycles. The predicted octanol–water partition coefficient (Wildman–Crippen LogP) is 3.17. The lowest BCUT2D eigenvalue weighted by atomic mass is 10.1. The van der Waals surface area contributed by atoms with Crippen molar-refractivity contribution in [3.05, 3.63) is 64.2 Å². The Balaban J connectivity index is 1.96. The SMILES string of the molecule is CCc1ccccc1OCC(=O)Nc1cccc([N+](=O)[O-])c1. The number of nitro benzene ring substituents is 1. The highest BCUT2D eigenvalue weighted by Gasteiger charge is 2.09. The van der Waals surface area contributed by atoms with Gasteiger partial charge in [0.2, 0.25) is 0 Å². The van der Waals surface area contributed by atoms with Gasteiger partial charge in [-0.1, -0.05) is 31.2 Å². The zero-order valence-electron chi connectivity index (χ0n) is 12.1. The van der Waals surface area contributed by atoms with E-state index >= 15 is 0 Å². The number of nitrogens with zero attached hydrogens (tertiary/aromatic N) is 1. The van der Waals surface area contributed by atoms with Gasteiger partial charge in [0, 0.05) is 17.8 Å². The molecule has 0 unspecified atom stereocenters. The normalized spacial score (nSPS) is 10.0. The topological polar surface area (TPSA) is 81.5 Å². The first-order valence-corrected chi connectivity index (χ1v) is 6.85. The Labute approximate surface area is 127 Å². The van der Waals surface area contributed by atoms with E-state index in [1.54, 1.807) is 12.1 Å². The molecule has 1 N–H and O–H groups in total. The summed E-state index contributed by atoms with van der Waals surface area (Å²) in [5, 5.41) is 13.3. The minimum absolute atomic E-state index is 0.0740. The molecular formula is C16H16N2O4. The molecule has 6 nitrogen and oxygen atoms in total. The Bertz CT molecular complexity index is 685. The summed E-state index contributed by atoms with van der Waals surface area (Å²) in [5.74, 6) is 0.297. The van der Waals surface area contributed by atoms with Crippen molar-refractivity contribution in [3.63, 3.8) is 0 Å². The number of hydrogen-bond acceptors (Lipinski definition) is 4. The number of aryl methyl sites for hydroxylation is 1. The first-order valence-electron chi connectivity index (χ1n) is 6.85. The third-order valence-corrected chi connectivity index (χ3v) is 3.05. The second kappa shape index (κ2) is 7.21. The summed E-state index contributed by atoms with van der Waals surface area (Å²) >= 11 is 0. The standard InChI is InChI=1S/C16H16N2O4/c1-2-12-6-3-4-9-15(12)22-11-16(19)17-13-7-5-8-14(10-13)18(20)21/h3-10H,2,11H2,1H3,(H,17,19). The average molecular weight is 300 g/mol. The summed E-state index contributed by atoms with van der Waals surface area (Å²) in [6.07, 6.45) is 0.808. The van der Waals surface area contributed by atoms with Crippen LogP contribution in [0.5, 0.6) is 5.75 Å². The van der Waals surface area contributed by atoms with Crippen LogP contribution in [0.1, 0.15) is 12.5 Å². The fourth-order valence-corrected chi connectivity index (χ4v) is 1.97. The van der Waals surface area contributed by atoms with Gasteiger partial charge in [-0.15, -0.1) is 0 Å². The molecule has 0 aliphatic carbocycles. The summed E-state index contributed by atoms with van der Waals surface area (Å²) in [4.78, 5) is 22.0. The van der Waals surface area contributed by atoms with Gasteiger partial charge in [0.1, 0.15) is 5.75 Å². The number of carbonyl (C=O) groups is 1. The van der Waals surface area contributed by atoms with E-state index in [0.29, 0.717) is 11.4 Å². The highest BCUT2D eigenvalue weighted by molar-refractivity contribution is 5.92. The van der Waals surface area contributed by atoms with Crippen LogP contribution in [-0.2, 0) is 11.2 Å². The van der Waals surface area contributed by atoms with Gasteiger partial charge in [0.05, 0.1) is 4.92 Å². The van der Waals surface area contributed by atoms with E-state index in [9.17, 15) is 14.9 Å². The van der Waals surface area contributed by atoms with E-state index in [1.165, 1.54) is 18.2 Å². The number of nitrogens with one attached hydrogen (secondary N) is 1. The van der Waals surface area contributed by atoms with Crippen LogP contribution in [0.2, 0.25) is 0 Å². The van der Waals surface area contributed by atoms with E-state index in [1.807, 2.05) is 25.1 Å². The predicted molar refractivity (Wildman–Crippen MR) is 83.0 cm³/mol. The maximum absolute atomic E-state index is 11.9. The van der Waals surface area contributed by atoms with Crippen LogP contribution in [0.15, 0.2) is 48.5 Å². The summed E-state index contributed by atoms with van der Waals surface area (Å²) in [7, 11) is 0. The van der Waals surface area contributed by atoms with Crippen LogP contribution in [0.3, 0.4) is 0 Å². The molecular weight excluding hydrogens is 284 g/mol. The number of nitro groups is 1. The third kappa shape index (κ3) is 4.05. The van der Waals surface area contributed by atoms with Crippen molar-refractivity contribution in [2.24, 2.45) is 0 Å². The minimum Gasteiger partial charge on any atom is -0.483 e. The number of non-ortho nitro benzene ring substituents is 1. The second-order valence-electron chi connectivity index (χ2n) is 4.61. The molecule has 22 heavy (non-hydrogen) atoms. The van der Waals surface area contributed by atoms with E-state index in [4.69, 9.17) is 4.74 Å². The Kier molecular flexibility index (Phi) is 5.08. The fraction of sp³-hybridized carbons (Fsp3) is 0.188. The van der Waals surface area contributed by atoms with Crippen LogP contribution in [0.25, 0.3) is 0 Å². The molecule has 114 valence electrons. The lowest BCUT2D eigenvalue weighted by Crippen LogP contribution is -2.20. The van der Waals surface area contributed by atoms with Crippen LogP contribution < -0.4 is 10.1 Å². The van der Waals surface area contributed by atoms with Gasteiger partial charge in [-0.2, -0.15) is 0 Å². The van der Waals surface area contributed by atoms with Crippen molar-refractivity contribution >= 4 is 17.3 Å². The van der Waals surface area contributed by atoms with Crippen LogP contribution >= 0.6 is 0 Å². The van der Waals surface area contributed by atoms with E-state index in [2.05, 4.69) is 5.32 Å². The zero-order chi connectivity index (χ0) is 15.9. The van der Waals surface area contributed by atoms with Gasteiger partial charge in [-0.05, 0) is 24.1 Å². The summed E-state index contributed by atoms with van der Waals surface area (Å²) < 4.78 is 5.49. The largest absolute Gasteiger partial charge is 0.483 e. The molecule has 0 aliphatic rings. The number of para-hydroxylation sites is 1. The molecule has 2 rings (SSSR count). The summed E-state index contributed by atoms with van der Waals surface area (Å²) in [5.41, 5.74) is 1.31. The number of benzene rings is 2. The average Bonchev–Trinajstić information content (AvgIpc) is 2.53. The van der Waals surface area contributed by atoms with Crippen LogP contribution in [0.4, 0.5) is 11.4 Å². The molecule has 1 amide bonds. The van der Waals surface area contributed by atoms with Crippen molar-refractivity contribution in [2.45, 2.75) is 13.3 Å². The highest BCUT2D eigenvalue weighted by Crippen LogP contribution is 2.19. The van der Waals surface area contributed by atoms with E-state index < -0.39 is 4.92 Å². The molecule has 2 aromatic carbocycles. The van der Waals surface area contributed by atoms with E-state index in [-0.39, 0.29) is 18.2 Å². The number of anilines is 1. The van der Waals surface area contributed by atoms with Crippen molar-refractivity contribution in [3.8, 4) is 5.75 Å². The molecule has 0 atom stereocenters. The summed E-state index contributed by atoms with van der Waals surface area (Å²) in [6.45, 7) is 1.85. The highest BCUT2D eigenvalue weighted by atomic mass is 16.6. The van der Waals surface area contributed by atoms with E-state index in [0.717, 1.165) is 12.0 Å². The van der Waals surface area contributed by atoms with Gasteiger partial charge in [-0.25, -0.2) is 0 Å². The molecule has 0 radical (unpaired) electrons. The van der Waals surface area contributed by atoms with Gasteiger partial charge in [0.25, 0.3) is 11.6 Å². The number of amides is 1. The third-order valence-electron chi connectivity index (χ3n) is 3.05. The maximum atomic E-state index is 11.9. The zero-order valence-corrected chi connectivity index (χ0v) is 12.1. The summed E-state index contributed by atoms with van der Waals surface area (Å²) in [6, 6.07) is 13.3. The number of carbonyl (C=O) groups excluding carboxylic acids is 1. The molecule has 0 bridgehead atoms. The smallest absolute Gasteiger partial charge is 0.271 e. The van der Waals surface area contributed by atoms with Gasteiger partial charge >= 0.3 is 0 Å².